The Balaban J connectivity index is 2.31. The first-order valence-electron chi connectivity index (χ1n) is 9.54. The molecule has 0 fully saturated rings. The van der Waals surface area contributed by atoms with Crippen molar-refractivity contribution in [2.45, 2.75) is 33.2 Å². The monoisotopic (exact) mass is 412 g/mol. The molecule has 0 saturated carbocycles. The molecule has 3 N–H and O–H groups in total. The van der Waals surface area contributed by atoms with Gasteiger partial charge in [0.05, 0.1) is 0 Å². The second kappa shape index (κ2) is 10.3. The number of hydrogen-bond acceptors (Lipinski definition) is 3. The summed E-state index contributed by atoms with van der Waals surface area (Å²) in [6, 6.07) is 11.0. The first-order valence-corrected chi connectivity index (χ1v) is 9.54. The molecule has 0 spiro atoms. The summed E-state index contributed by atoms with van der Waals surface area (Å²) in [4.78, 5) is 36.9. The van der Waals surface area contributed by atoms with Crippen LogP contribution in [0.2, 0.25) is 0 Å². The Morgan fingerprint density at radius 3 is 2.17 bits per heavy atom. The van der Waals surface area contributed by atoms with Crippen molar-refractivity contribution >= 4 is 23.9 Å². The second-order valence-corrected chi connectivity index (χ2v) is 7.42. The van der Waals surface area contributed by atoms with Crippen molar-refractivity contribution in [2.24, 2.45) is 5.92 Å². The third-order valence-electron chi connectivity index (χ3n) is 4.30. The lowest BCUT2D eigenvalue weighted by Crippen LogP contribution is -2.45. The molecular formula is C23H25FN2O4. The van der Waals surface area contributed by atoms with Gasteiger partial charge in [0.25, 0.3) is 11.8 Å². The minimum absolute atomic E-state index is 0.0399. The van der Waals surface area contributed by atoms with E-state index in [4.69, 9.17) is 0 Å². The van der Waals surface area contributed by atoms with Gasteiger partial charge >= 0.3 is 5.97 Å². The molecule has 0 aliphatic heterocycles. The lowest BCUT2D eigenvalue weighted by Gasteiger charge is -2.18. The number of hydrogen-bond donors (Lipinski definition) is 3. The Hall–Kier alpha value is -3.48. The zero-order chi connectivity index (χ0) is 22.3. The van der Waals surface area contributed by atoms with Gasteiger partial charge < -0.3 is 15.7 Å². The molecule has 2 amide bonds. The summed E-state index contributed by atoms with van der Waals surface area (Å²) in [7, 11) is 0. The minimum Gasteiger partial charge on any atom is -0.480 e. The molecule has 158 valence electrons. The highest BCUT2D eigenvalue weighted by atomic mass is 19.1. The lowest BCUT2D eigenvalue weighted by atomic mass is 10.0. The molecule has 2 aromatic carbocycles. The first-order chi connectivity index (χ1) is 14.2. The van der Waals surface area contributed by atoms with Gasteiger partial charge in [-0.05, 0) is 55.2 Å². The van der Waals surface area contributed by atoms with Gasteiger partial charge in [0.1, 0.15) is 17.6 Å². The van der Waals surface area contributed by atoms with Crippen molar-refractivity contribution in [1.29, 1.82) is 0 Å². The summed E-state index contributed by atoms with van der Waals surface area (Å²) in [6.07, 6.45) is 1.60. The van der Waals surface area contributed by atoms with Crippen LogP contribution in [0, 0.1) is 18.7 Å². The van der Waals surface area contributed by atoms with Crippen LogP contribution in [0.5, 0.6) is 0 Å². The Labute approximate surface area is 174 Å². The van der Waals surface area contributed by atoms with Gasteiger partial charge in [-0.3, -0.25) is 9.59 Å². The number of rotatable bonds is 8. The van der Waals surface area contributed by atoms with E-state index < -0.39 is 29.6 Å². The number of amides is 2. The zero-order valence-corrected chi connectivity index (χ0v) is 17.1. The van der Waals surface area contributed by atoms with E-state index in [2.05, 4.69) is 10.6 Å². The van der Waals surface area contributed by atoms with E-state index >= 15 is 0 Å². The molecule has 6 nitrogen and oxygen atoms in total. The smallest absolute Gasteiger partial charge is 0.326 e. The Kier molecular flexibility index (Phi) is 7.86. The average Bonchev–Trinajstić information content (AvgIpc) is 2.68. The van der Waals surface area contributed by atoms with Crippen LogP contribution in [-0.2, 0) is 9.59 Å². The van der Waals surface area contributed by atoms with Crippen molar-refractivity contribution in [1.82, 2.24) is 10.6 Å². The molecule has 2 rings (SSSR count). The predicted molar refractivity (Wildman–Crippen MR) is 112 cm³/mol. The summed E-state index contributed by atoms with van der Waals surface area (Å²) in [6.45, 7) is 5.57. The zero-order valence-electron chi connectivity index (χ0n) is 17.1. The summed E-state index contributed by atoms with van der Waals surface area (Å²) in [5.74, 6) is -2.83. The minimum atomic E-state index is -1.16. The fourth-order valence-corrected chi connectivity index (χ4v) is 2.71. The molecule has 0 saturated heterocycles. The molecule has 0 aliphatic carbocycles. The van der Waals surface area contributed by atoms with E-state index in [0.717, 1.165) is 5.56 Å². The number of carbonyl (C=O) groups is 3. The molecule has 30 heavy (non-hydrogen) atoms. The van der Waals surface area contributed by atoms with E-state index in [-0.39, 0.29) is 18.0 Å². The normalized spacial score (nSPS) is 12.4. The van der Waals surface area contributed by atoms with Crippen molar-refractivity contribution in [3.05, 3.63) is 76.7 Å². The molecule has 0 aromatic heterocycles. The highest BCUT2D eigenvalue weighted by Gasteiger charge is 2.24. The van der Waals surface area contributed by atoms with Crippen molar-refractivity contribution in [3.63, 3.8) is 0 Å². The van der Waals surface area contributed by atoms with Crippen LogP contribution < -0.4 is 10.6 Å². The highest BCUT2D eigenvalue weighted by Crippen LogP contribution is 2.11. The van der Waals surface area contributed by atoms with Crippen LogP contribution in [0.15, 0.2) is 54.2 Å². The quantitative estimate of drug-likeness (QED) is 0.578. The van der Waals surface area contributed by atoms with Gasteiger partial charge in [0, 0.05) is 5.56 Å². The molecule has 2 aromatic rings. The molecule has 0 heterocycles. The van der Waals surface area contributed by atoms with E-state index in [0.29, 0.717) is 11.1 Å². The number of aliphatic carboxylic acids is 1. The molecule has 1 atom stereocenters. The number of nitrogens with one attached hydrogen (secondary N) is 2. The topological polar surface area (TPSA) is 95.5 Å². The maximum Gasteiger partial charge on any atom is 0.326 e. The maximum absolute atomic E-state index is 13.2. The third kappa shape index (κ3) is 6.84. The Bertz CT molecular complexity index is 935. The number of carboxylic acid groups (broad SMARTS) is 1. The molecular weight excluding hydrogens is 387 g/mol. The van der Waals surface area contributed by atoms with Crippen LogP contribution >= 0.6 is 0 Å². The fraction of sp³-hybridized carbons (Fsp3) is 0.261. The van der Waals surface area contributed by atoms with Crippen LogP contribution in [-0.4, -0.2) is 28.9 Å². The third-order valence-corrected chi connectivity index (χ3v) is 4.30. The molecule has 0 radical (unpaired) electrons. The largest absolute Gasteiger partial charge is 0.480 e. The number of carbonyl (C=O) groups excluding carboxylic acids is 2. The van der Waals surface area contributed by atoms with Crippen molar-refractivity contribution in [2.75, 3.05) is 0 Å². The summed E-state index contributed by atoms with van der Waals surface area (Å²) < 4.78 is 13.2. The van der Waals surface area contributed by atoms with Gasteiger partial charge in [0.2, 0.25) is 0 Å². The number of benzene rings is 2. The van der Waals surface area contributed by atoms with Gasteiger partial charge in [-0.15, -0.1) is 0 Å². The molecule has 0 aliphatic rings. The van der Waals surface area contributed by atoms with E-state index in [1.165, 1.54) is 30.3 Å². The Morgan fingerprint density at radius 1 is 1.03 bits per heavy atom. The van der Waals surface area contributed by atoms with Gasteiger partial charge in [-0.25, -0.2) is 9.18 Å². The van der Waals surface area contributed by atoms with E-state index in [1.54, 1.807) is 24.3 Å². The average molecular weight is 412 g/mol. The molecule has 1 unspecified atom stereocenters. The van der Waals surface area contributed by atoms with Crippen LogP contribution in [0.25, 0.3) is 6.08 Å². The van der Waals surface area contributed by atoms with E-state index in [1.807, 2.05) is 20.8 Å². The Morgan fingerprint density at radius 2 is 1.63 bits per heavy atom. The number of carboxylic acids is 1. The van der Waals surface area contributed by atoms with Crippen LogP contribution in [0.3, 0.4) is 0 Å². The number of halogens is 1. The van der Waals surface area contributed by atoms with Gasteiger partial charge in [-0.2, -0.15) is 0 Å². The lowest BCUT2D eigenvalue weighted by molar-refractivity contribution is -0.141. The predicted octanol–water partition coefficient (Wildman–Crippen LogP) is 3.52. The summed E-state index contributed by atoms with van der Waals surface area (Å²) in [5, 5.41) is 14.4. The standard InChI is InChI=1S/C23H25FN2O4/c1-14(2)12-20(23(29)30)26-22(28)19(13-16-6-10-18(24)11-7-16)25-21(27)17-8-4-15(3)5-9-17/h4-11,13-14,20H,12H2,1-3H3,(H,25,27)(H,26,28)(H,29,30)/b19-13+. The summed E-state index contributed by atoms with van der Waals surface area (Å²) >= 11 is 0. The first kappa shape index (κ1) is 22.8. The molecule has 7 heteroatoms. The highest BCUT2D eigenvalue weighted by molar-refractivity contribution is 6.06. The fourth-order valence-electron chi connectivity index (χ4n) is 2.71. The second-order valence-electron chi connectivity index (χ2n) is 7.42. The maximum atomic E-state index is 13.2. The van der Waals surface area contributed by atoms with Crippen LogP contribution in [0.4, 0.5) is 4.39 Å². The number of aryl methyl sites for hydroxylation is 1. The van der Waals surface area contributed by atoms with E-state index in [9.17, 15) is 23.9 Å². The van der Waals surface area contributed by atoms with Gasteiger partial charge in [-0.1, -0.05) is 43.7 Å². The van der Waals surface area contributed by atoms with Crippen LogP contribution in [0.1, 0.15) is 41.8 Å². The SMILES string of the molecule is Cc1ccc(C(=O)N/C(=C/c2ccc(F)cc2)C(=O)NC(CC(C)C)C(=O)O)cc1. The summed E-state index contributed by atoms with van der Waals surface area (Å²) in [5.41, 5.74) is 1.66. The van der Waals surface area contributed by atoms with Crippen molar-refractivity contribution in [3.8, 4) is 0 Å². The van der Waals surface area contributed by atoms with Gasteiger partial charge in [0.15, 0.2) is 0 Å². The molecule has 0 bridgehead atoms. The van der Waals surface area contributed by atoms with Crippen molar-refractivity contribution < 1.29 is 23.9 Å².